The van der Waals surface area contributed by atoms with Crippen LogP contribution in [0.1, 0.15) is 37.1 Å². The standard InChI is InChI=1S/C12H19Cl2N3/c1-8-12(14)11(17(2)16-8)7-15-10-6-4-3-5-9(10)13/h9-10,15H,3-7H2,1-2H3. The number of aromatic nitrogens is 2. The molecule has 2 unspecified atom stereocenters. The summed E-state index contributed by atoms with van der Waals surface area (Å²) in [5, 5.41) is 8.82. The number of rotatable bonds is 3. The van der Waals surface area contributed by atoms with Gasteiger partial charge in [-0.2, -0.15) is 5.10 Å². The first-order valence-corrected chi connectivity index (χ1v) is 6.96. The van der Waals surface area contributed by atoms with Gasteiger partial charge in [-0.25, -0.2) is 0 Å². The summed E-state index contributed by atoms with van der Waals surface area (Å²) in [7, 11) is 1.93. The van der Waals surface area contributed by atoms with Crippen molar-refractivity contribution >= 4 is 23.2 Å². The average molecular weight is 276 g/mol. The number of hydrogen-bond acceptors (Lipinski definition) is 2. The largest absolute Gasteiger partial charge is 0.307 e. The molecule has 1 aromatic heterocycles. The van der Waals surface area contributed by atoms with E-state index in [9.17, 15) is 0 Å². The number of aryl methyl sites for hydroxylation is 2. The first kappa shape index (κ1) is 13.2. The van der Waals surface area contributed by atoms with E-state index in [0.717, 1.165) is 35.8 Å². The zero-order chi connectivity index (χ0) is 12.4. The van der Waals surface area contributed by atoms with E-state index in [1.165, 1.54) is 12.8 Å². The van der Waals surface area contributed by atoms with Crippen LogP contribution in [0.25, 0.3) is 0 Å². The molecule has 2 rings (SSSR count). The Balaban J connectivity index is 1.97. The fraction of sp³-hybridized carbons (Fsp3) is 0.750. The quantitative estimate of drug-likeness (QED) is 0.860. The molecule has 0 saturated heterocycles. The van der Waals surface area contributed by atoms with E-state index < -0.39 is 0 Å². The number of hydrogen-bond donors (Lipinski definition) is 1. The molecule has 1 aromatic rings. The van der Waals surface area contributed by atoms with Gasteiger partial charge in [0.1, 0.15) is 0 Å². The van der Waals surface area contributed by atoms with Gasteiger partial charge >= 0.3 is 0 Å². The Morgan fingerprint density at radius 1 is 1.41 bits per heavy atom. The average Bonchev–Trinajstić information content (AvgIpc) is 2.53. The van der Waals surface area contributed by atoms with Gasteiger partial charge in [0.25, 0.3) is 0 Å². The van der Waals surface area contributed by atoms with Gasteiger partial charge in [0.05, 0.1) is 16.4 Å². The summed E-state index contributed by atoms with van der Waals surface area (Å²) in [5.74, 6) is 0. The van der Waals surface area contributed by atoms with Gasteiger partial charge < -0.3 is 5.32 Å². The zero-order valence-corrected chi connectivity index (χ0v) is 11.9. The number of halogens is 2. The van der Waals surface area contributed by atoms with Gasteiger partial charge in [-0.1, -0.05) is 24.4 Å². The molecule has 1 aliphatic rings. The maximum atomic E-state index is 6.32. The highest BCUT2D eigenvalue weighted by Gasteiger charge is 2.23. The Morgan fingerprint density at radius 3 is 2.71 bits per heavy atom. The van der Waals surface area contributed by atoms with Gasteiger partial charge in [-0.05, 0) is 19.8 Å². The number of alkyl halides is 1. The third-order valence-electron chi connectivity index (χ3n) is 3.47. The minimum atomic E-state index is 0.247. The van der Waals surface area contributed by atoms with E-state index in [-0.39, 0.29) is 5.38 Å². The SMILES string of the molecule is Cc1nn(C)c(CNC2CCCCC2Cl)c1Cl. The Bertz CT molecular complexity index is 389. The predicted molar refractivity (Wildman–Crippen MR) is 71.7 cm³/mol. The third kappa shape index (κ3) is 2.95. The van der Waals surface area contributed by atoms with Crippen molar-refractivity contribution < 1.29 is 0 Å². The molecule has 0 radical (unpaired) electrons. The Morgan fingerprint density at radius 2 is 2.12 bits per heavy atom. The van der Waals surface area contributed by atoms with Crippen LogP contribution < -0.4 is 5.32 Å². The molecule has 5 heteroatoms. The molecule has 0 amide bonds. The lowest BCUT2D eigenvalue weighted by Crippen LogP contribution is -2.39. The van der Waals surface area contributed by atoms with Crippen LogP contribution in [0.2, 0.25) is 5.02 Å². The lowest BCUT2D eigenvalue weighted by Gasteiger charge is -2.28. The maximum absolute atomic E-state index is 6.32. The zero-order valence-electron chi connectivity index (χ0n) is 10.3. The van der Waals surface area contributed by atoms with Crippen molar-refractivity contribution in [3.63, 3.8) is 0 Å². The van der Waals surface area contributed by atoms with Crippen molar-refractivity contribution in [2.24, 2.45) is 7.05 Å². The van der Waals surface area contributed by atoms with Crippen LogP contribution in [0, 0.1) is 6.92 Å². The summed E-state index contributed by atoms with van der Waals surface area (Å²) in [6.07, 6.45) is 4.77. The van der Waals surface area contributed by atoms with Crippen LogP contribution in [-0.2, 0) is 13.6 Å². The van der Waals surface area contributed by atoms with Crippen molar-refractivity contribution in [2.45, 2.75) is 50.6 Å². The lowest BCUT2D eigenvalue weighted by molar-refractivity contribution is 0.374. The fourth-order valence-electron chi connectivity index (χ4n) is 2.42. The van der Waals surface area contributed by atoms with Gasteiger partial charge in [-0.3, -0.25) is 4.68 Å². The third-order valence-corrected chi connectivity index (χ3v) is 4.49. The number of nitrogens with one attached hydrogen (secondary N) is 1. The molecule has 1 fully saturated rings. The van der Waals surface area contributed by atoms with Gasteiger partial charge in [0, 0.05) is 25.0 Å². The number of nitrogens with zero attached hydrogens (tertiary/aromatic N) is 2. The van der Waals surface area contributed by atoms with Crippen LogP contribution in [0.3, 0.4) is 0 Å². The Kier molecular flexibility index (Phi) is 4.34. The van der Waals surface area contributed by atoms with Crippen molar-refractivity contribution in [3.05, 3.63) is 16.4 Å². The summed E-state index contributed by atoms with van der Waals surface area (Å²) >= 11 is 12.5. The summed E-state index contributed by atoms with van der Waals surface area (Å²) in [6, 6.07) is 0.400. The van der Waals surface area contributed by atoms with Crippen LogP contribution >= 0.6 is 23.2 Å². The van der Waals surface area contributed by atoms with Crippen molar-refractivity contribution in [3.8, 4) is 0 Å². The molecule has 0 aliphatic heterocycles. The summed E-state index contributed by atoms with van der Waals surface area (Å²) in [6.45, 7) is 2.67. The lowest BCUT2D eigenvalue weighted by atomic mass is 9.95. The molecule has 0 aromatic carbocycles. The maximum Gasteiger partial charge on any atom is 0.0860 e. The highest BCUT2D eigenvalue weighted by molar-refractivity contribution is 6.31. The van der Waals surface area contributed by atoms with Gasteiger partial charge in [0.2, 0.25) is 0 Å². The normalized spacial score (nSPS) is 25.2. The molecule has 1 saturated carbocycles. The Hall–Kier alpha value is -0.250. The van der Waals surface area contributed by atoms with Crippen molar-refractivity contribution in [2.75, 3.05) is 0 Å². The molecular weight excluding hydrogens is 257 g/mol. The molecule has 1 N–H and O–H groups in total. The van der Waals surface area contributed by atoms with Gasteiger partial charge in [0.15, 0.2) is 0 Å². The van der Waals surface area contributed by atoms with Crippen LogP contribution in [0.4, 0.5) is 0 Å². The van der Waals surface area contributed by atoms with E-state index in [4.69, 9.17) is 23.2 Å². The van der Waals surface area contributed by atoms with Crippen molar-refractivity contribution in [1.82, 2.24) is 15.1 Å². The van der Waals surface area contributed by atoms with E-state index in [0.29, 0.717) is 6.04 Å². The molecule has 1 aliphatic carbocycles. The van der Waals surface area contributed by atoms with Crippen molar-refractivity contribution in [1.29, 1.82) is 0 Å². The fourth-order valence-corrected chi connectivity index (χ4v) is 3.01. The molecule has 96 valence electrons. The van der Waals surface area contributed by atoms with Crippen LogP contribution in [0.15, 0.2) is 0 Å². The second-order valence-corrected chi connectivity index (χ2v) is 5.70. The van der Waals surface area contributed by atoms with E-state index >= 15 is 0 Å². The molecule has 0 spiro atoms. The minimum absolute atomic E-state index is 0.247. The van der Waals surface area contributed by atoms with E-state index in [2.05, 4.69) is 10.4 Å². The second kappa shape index (κ2) is 5.59. The summed E-state index contributed by atoms with van der Waals surface area (Å²) in [4.78, 5) is 0. The second-order valence-electron chi connectivity index (χ2n) is 4.76. The minimum Gasteiger partial charge on any atom is -0.307 e. The molecule has 2 atom stereocenters. The van der Waals surface area contributed by atoms with E-state index in [1.54, 1.807) is 0 Å². The monoisotopic (exact) mass is 275 g/mol. The Labute approximate surface area is 112 Å². The molecule has 3 nitrogen and oxygen atoms in total. The smallest absolute Gasteiger partial charge is 0.0860 e. The first-order valence-electron chi connectivity index (χ1n) is 6.15. The summed E-state index contributed by atoms with van der Waals surface area (Å²) in [5.41, 5.74) is 1.93. The molecule has 17 heavy (non-hydrogen) atoms. The topological polar surface area (TPSA) is 29.9 Å². The highest BCUT2D eigenvalue weighted by Crippen LogP contribution is 2.24. The predicted octanol–water partition coefficient (Wildman–Crippen LogP) is 3.02. The van der Waals surface area contributed by atoms with Crippen LogP contribution in [-0.4, -0.2) is 21.2 Å². The summed E-state index contributed by atoms with van der Waals surface area (Å²) < 4.78 is 1.84. The van der Waals surface area contributed by atoms with Gasteiger partial charge in [-0.15, -0.1) is 11.6 Å². The highest BCUT2D eigenvalue weighted by atomic mass is 35.5. The van der Waals surface area contributed by atoms with E-state index in [1.807, 2.05) is 18.7 Å². The molecular formula is C12H19Cl2N3. The first-order chi connectivity index (χ1) is 8.09. The molecule has 1 heterocycles. The van der Waals surface area contributed by atoms with Crippen LogP contribution in [0.5, 0.6) is 0 Å². The molecule has 0 bridgehead atoms.